The van der Waals surface area contributed by atoms with Crippen LogP contribution in [0.4, 0.5) is 0 Å². The summed E-state index contributed by atoms with van der Waals surface area (Å²) in [6.45, 7) is 5.26. The van der Waals surface area contributed by atoms with E-state index in [1.54, 1.807) is 23.5 Å². The molecule has 0 amide bonds. The summed E-state index contributed by atoms with van der Waals surface area (Å²) in [5.74, 6) is 0.407. The topological polar surface area (TPSA) is 46.6 Å². The van der Waals surface area contributed by atoms with Crippen LogP contribution in [0.2, 0.25) is 0 Å². The first-order chi connectivity index (χ1) is 9.45. The zero-order valence-electron chi connectivity index (χ0n) is 12.4. The number of sulfonamides is 1. The van der Waals surface area contributed by atoms with Crippen molar-refractivity contribution >= 4 is 10.0 Å². The van der Waals surface area contributed by atoms with E-state index < -0.39 is 10.0 Å². The molecule has 0 unspecified atom stereocenters. The van der Waals surface area contributed by atoms with Crippen molar-refractivity contribution < 1.29 is 13.2 Å². The molecule has 112 valence electrons. The average molecular weight is 297 g/mol. The Bertz CT molecular complexity index is 529. The molecule has 20 heavy (non-hydrogen) atoms. The molecular weight excluding hydrogens is 274 g/mol. The molecule has 0 aliphatic carbocycles. The van der Waals surface area contributed by atoms with Crippen molar-refractivity contribution in [2.24, 2.45) is 0 Å². The van der Waals surface area contributed by atoms with Crippen molar-refractivity contribution in [1.82, 2.24) is 4.31 Å². The normalized spacial score (nSPS) is 18.6. The van der Waals surface area contributed by atoms with Gasteiger partial charge in [-0.25, -0.2) is 8.42 Å². The summed E-state index contributed by atoms with van der Waals surface area (Å²) in [5, 5.41) is 0. The number of methoxy groups -OCH3 is 1. The molecule has 0 N–H and O–H groups in total. The third-order valence-electron chi connectivity index (χ3n) is 3.92. The van der Waals surface area contributed by atoms with E-state index >= 15 is 0 Å². The van der Waals surface area contributed by atoms with Gasteiger partial charge in [0.25, 0.3) is 0 Å². The molecule has 0 aromatic heterocycles. The average Bonchev–Trinajstić information content (AvgIpc) is 2.47. The Morgan fingerprint density at radius 2 is 1.70 bits per heavy atom. The molecule has 0 saturated carbocycles. The molecule has 0 bridgehead atoms. The summed E-state index contributed by atoms with van der Waals surface area (Å²) >= 11 is 0. The molecule has 4 nitrogen and oxygen atoms in total. The second kappa shape index (κ2) is 6.24. The summed E-state index contributed by atoms with van der Waals surface area (Å²) in [4.78, 5) is 0.387. The van der Waals surface area contributed by atoms with Crippen LogP contribution >= 0.6 is 0 Å². The van der Waals surface area contributed by atoms with Gasteiger partial charge in [0.15, 0.2) is 0 Å². The third kappa shape index (κ3) is 3.22. The minimum absolute atomic E-state index is 0.185. The molecule has 5 heteroatoms. The SMILES string of the molecule is COC1CCN(S(=O)(=O)c2ccc(C(C)C)cc2)CC1. The van der Waals surface area contributed by atoms with Gasteiger partial charge in [0.1, 0.15) is 0 Å². The van der Waals surface area contributed by atoms with Gasteiger partial charge in [-0.15, -0.1) is 0 Å². The van der Waals surface area contributed by atoms with Crippen LogP contribution < -0.4 is 0 Å². The lowest BCUT2D eigenvalue weighted by Crippen LogP contribution is -2.40. The van der Waals surface area contributed by atoms with Crippen LogP contribution in [0.1, 0.15) is 38.2 Å². The minimum Gasteiger partial charge on any atom is -0.381 e. The molecule has 2 rings (SSSR count). The van der Waals surface area contributed by atoms with E-state index in [0.29, 0.717) is 23.9 Å². The quantitative estimate of drug-likeness (QED) is 0.858. The maximum Gasteiger partial charge on any atom is 0.243 e. The first-order valence-corrected chi connectivity index (χ1v) is 8.52. The Hall–Kier alpha value is -0.910. The molecule has 1 fully saturated rings. The van der Waals surface area contributed by atoms with Crippen molar-refractivity contribution in [2.45, 2.75) is 43.6 Å². The van der Waals surface area contributed by atoms with Gasteiger partial charge >= 0.3 is 0 Å². The summed E-state index contributed by atoms with van der Waals surface area (Å²) in [6.07, 6.45) is 1.71. The summed E-state index contributed by atoms with van der Waals surface area (Å²) in [7, 11) is -1.68. The summed E-state index contributed by atoms with van der Waals surface area (Å²) in [6, 6.07) is 7.24. The molecule has 1 aliphatic heterocycles. The highest BCUT2D eigenvalue weighted by molar-refractivity contribution is 7.89. The second-order valence-electron chi connectivity index (χ2n) is 5.56. The van der Waals surface area contributed by atoms with E-state index in [-0.39, 0.29) is 6.10 Å². The zero-order chi connectivity index (χ0) is 14.8. The number of nitrogens with zero attached hydrogens (tertiary/aromatic N) is 1. The van der Waals surface area contributed by atoms with Gasteiger partial charge in [-0.05, 0) is 36.5 Å². The van der Waals surface area contributed by atoms with Gasteiger partial charge in [0.05, 0.1) is 11.0 Å². The maximum absolute atomic E-state index is 12.5. The Balaban J connectivity index is 2.14. The van der Waals surface area contributed by atoms with Crippen LogP contribution in [0.25, 0.3) is 0 Å². The predicted molar refractivity (Wildman–Crippen MR) is 79.3 cm³/mol. The lowest BCUT2D eigenvalue weighted by Gasteiger charge is -2.30. The van der Waals surface area contributed by atoms with Gasteiger partial charge in [-0.3, -0.25) is 0 Å². The Morgan fingerprint density at radius 3 is 2.15 bits per heavy atom. The van der Waals surface area contributed by atoms with Gasteiger partial charge in [-0.1, -0.05) is 26.0 Å². The largest absolute Gasteiger partial charge is 0.381 e. The van der Waals surface area contributed by atoms with E-state index in [1.165, 1.54) is 0 Å². The van der Waals surface area contributed by atoms with Crippen molar-refractivity contribution in [3.8, 4) is 0 Å². The highest BCUT2D eigenvalue weighted by atomic mass is 32.2. The molecule has 1 aromatic carbocycles. The van der Waals surface area contributed by atoms with Gasteiger partial charge in [0, 0.05) is 20.2 Å². The van der Waals surface area contributed by atoms with Crippen molar-refractivity contribution in [3.63, 3.8) is 0 Å². The fourth-order valence-electron chi connectivity index (χ4n) is 2.48. The molecule has 1 aliphatic rings. The Morgan fingerprint density at radius 1 is 1.15 bits per heavy atom. The van der Waals surface area contributed by atoms with E-state index in [0.717, 1.165) is 18.4 Å². The second-order valence-corrected chi connectivity index (χ2v) is 7.50. The van der Waals surface area contributed by atoms with Crippen molar-refractivity contribution in [2.75, 3.05) is 20.2 Å². The van der Waals surface area contributed by atoms with Crippen LogP contribution in [0.3, 0.4) is 0 Å². The number of benzene rings is 1. The van der Waals surface area contributed by atoms with Crippen LogP contribution in [-0.2, 0) is 14.8 Å². The van der Waals surface area contributed by atoms with E-state index in [9.17, 15) is 8.42 Å². The molecule has 1 aromatic rings. The number of rotatable bonds is 4. The predicted octanol–water partition coefficient (Wildman–Crippen LogP) is 2.61. The fourth-order valence-corrected chi connectivity index (χ4v) is 3.95. The van der Waals surface area contributed by atoms with Crippen LogP contribution in [0, 0.1) is 0 Å². The molecule has 0 spiro atoms. The lowest BCUT2D eigenvalue weighted by atomic mass is 10.0. The number of ether oxygens (including phenoxy) is 1. The highest BCUT2D eigenvalue weighted by Crippen LogP contribution is 2.23. The number of hydrogen-bond donors (Lipinski definition) is 0. The first-order valence-electron chi connectivity index (χ1n) is 7.08. The van der Waals surface area contributed by atoms with Crippen LogP contribution in [0.15, 0.2) is 29.2 Å². The zero-order valence-corrected chi connectivity index (χ0v) is 13.2. The summed E-state index contributed by atoms with van der Waals surface area (Å²) in [5.41, 5.74) is 1.15. The summed E-state index contributed by atoms with van der Waals surface area (Å²) < 4.78 is 31.9. The van der Waals surface area contributed by atoms with E-state index in [1.807, 2.05) is 12.1 Å². The van der Waals surface area contributed by atoms with Crippen LogP contribution in [-0.4, -0.2) is 39.0 Å². The fraction of sp³-hybridized carbons (Fsp3) is 0.600. The highest BCUT2D eigenvalue weighted by Gasteiger charge is 2.29. The third-order valence-corrected chi connectivity index (χ3v) is 5.83. The van der Waals surface area contributed by atoms with Crippen molar-refractivity contribution in [1.29, 1.82) is 0 Å². The van der Waals surface area contributed by atoms with Crippen molar-refractivity contribution in [3.05, 3.63) is 29.8 Å². The minimum atomic E-state index is -3.36. The number of piperidine rings is 1. The Labute approximate surface area is 121 Å². The molecular formula is C15H23NO3S. The lowest BCUT2D eigenvalue weighted by molar-refractivity contribution is 0.0604. The molecule has 0 atom stereocenters. The van der Waals surface area contributed by atoms with Gasteiger partial charge in [0.2, 0.25) is 10.0 Å². The first kappa shape index (κ1) is 15.5. The molecule has 1 saturated heterocycles. The molecule has 0 radical (unpaired) electrons. The van der Waals surface area contributed by atoms with Gasteiger partial charge in [-0.2, -0.15) is 4.31 Å². The molecule has 1 heterocycles. The smallest absolute Gasteiger partial charge is 0.243 e. The monoisotopic (exact) mass is 297 g/mol. The van der Waals surface area contributed by atoms with Gasteiger partial charge < -0.3 is 4.74 Å². The standard InChI is InChI=1S/C15H23NO3S/c1-12(2)13-4-6-15(7-5-13)20(17,18)16-10-8-14(19-3)9-11-16/h4-7,12,14H,8-11H2,1-3H3. The number of hydrogen-bond acceptors (Lipinski definition) is 3. The van der Waals surface area contributed by atoms with Crippen LogP contribution in [0.5, 0.6) is 0 Å². The van der Waals surface area contributed by atoms with E-state index in [4.69, 9.17) is 4.74 Å². The maximum atomic E-state index is 12.5. The Kier molecular flexibility index (Phi) is 4.83. The van der Waals surface area contributed by atoms with E-state index in [2.05, 4.69) is 13.8 Å².